The minimum atomic E-state index is -3.42. The zero-order chi connectivity index (χ0) is 16.3. The number of rotatable bonds is 7. The van der Waals surface area contributed by atoms with E-state index in [-0.39, 0.29) is 22.6 Å². The van der Waals surface area contributed by atoms with Gasteiger partial charge in [0.1, 0.15) is 0 Å². The Morgan fingerprint density at radius 1 is 1.27 bits per heavy atom. The molecule has 0 aliphatic rings. The van der Waals surface area contributed by atoms with Crippen LogP contribution in [0, 0.1) is 5.92 Å². The highest BCUT2D eigenvalue weighted by molar-refractivity contribution is 7.90. The molecule has 0 aromatic carbocycles. The molecule has 0 saturated carbocycles. The van der Waals surface area contributed by atoms with Crippen molar-refractivity contribution >= 4 is 27.0 Å². The van der Waals surface area contributed by atoms with Crippen LogP contribution in [0.15, 0.2) is 39.2 Å². The van der Waals surface area contributed by atoms with Gasteiger partial charge in [-0.2, -0.15) is 0 Å². The maximum absolute atomic E-state index is 12.4. The molecule has 2 heterocycles. The molecule has 120 valence electrons. The van der Waals surface area contributed by atoms with Gasteiger partial charge in [-0.1, -0.05) is 19.9 Å². The molecular weight excluding hydrogens is 320 g/mol. The number of hydrogen-bond donors (Lipinski definition) is 0. The largest absolute Gasteiger partial charge is 0.442 e. The van der Waals surface area contributed by atoms with E-state index in [0.717, 1.165) is 12.7 Å². The van der Waals surface area contributed by atoms with Gasteiger partial charge in [0.15, 0.2) is 11.5 Å². The van der Waals surface area contributed by atoms with E-state index in [1.807, 2.05) is 17.5 Å². The van der Waals surface area contributed by atoms with Crippen LogP contribution in [-0.4, -0.2) is 20.5 Å². The summed E-state index contributed by atoms with van der Waals surface area (Å²) in [5, 5.41) is 1.84. The molecule has 2 aromatic heterocycles. The highest BCUT2D eigenvalue weighted by Crippen LogP contribution is 2.32. The number of furan rings is 1. The minimum absolute atomic E-state index is 0.116. The van der Waals surface area contributed by atoms with Crippen molar-refractivity contribution in [2.75, 3.05) is 6.26 Å². The van der Waals surface area contributed by atoms with E-state index in [1.54, 1.807) is 11.3 Å². The number of hydrogen-bond acceptors (Lipinski definition) is 5. The van der Waals surface area contributed by atoms with Gasteiger partial charge in [-0.3, -0.25) is 4.79 Å². The Balaban J connectivity index is 2.16. The number of thiophene rings is 1. The van der Waals surface area contributed by atoms with Gasteiger partial charge in [0.25, 0.3) is 0 Å². The third-order valence-corrected chi connectivity index (χ3v) is 5.34. The molecule has 0 spiro atoms. The Hall–Kier alpha value is -1.40. The lowest BCUT2D eigenvalue weighted by Crippen LogP contribution is -2.08. The molecule has 0 bridgehead atoms. The van der Waals surface area contributed by atoms with Gasteiger partial charge in [-0.25, -0.2) is 8.42 Å². The Morgan fingerprint density at radius 3 is 2.50 bits per heavy atom. The predicted molar refractivity (Wildman–Crippen MR) is 87.3 cm³/mol. The van der Waals surface area contributed by atoms with Crippen LogP contribution in [0.3, 0.4) is 0 Å². The Morgan fingerprint density at radius 2 is 2.00 bits per heavy atom. The second kappa shape index (κ2) is 6.79. The standard InChI is InChI=1S/C16H20O4S2/c1-11(2)9-12(15-5-4-8-21-15)10-13(17)14-6-7-16(20-14)22(3,18)19/h4-8,11-12H,9-10H2,1-3H3. The summed E-state index contributed by atoms with van der Waals surface area (Å²) in [4.78, 5) is 13.6. The van der Waals surface area contributed by atoms with Crippen molar-refractivity contribution in [1.29, 1.82) is 0 Å². The molecule has 2 rings (SSSR count). The second-order valence-corrected chi connectivity index (χ2v) is 8.79. The third-order valence-electron chi connectivity index (χ3n) is 3.35. The summed E-state index contributed by atoms with van der Waals surface area (Å²) in [5.74, 6) is 0.571. The molecule has 0 radical (unpaired) electrons. The number of carbonyl (C=O) groups excluding carboxylic acids is 1. The lowest BCUT2D eigenvalue weighted by atomic mass is 9.90. The van der Waals surface area contributed by atoms with E-state index in [1.165, 1.54) is 17.0 Å². The molecule has 0 fully saturated rings. The first-order valence-corrected chi connectivity index (χ1v) is 9.91. The fourth-order valence-corrected chi connectivity index (χ4v) is 3.79. The van der Waals surface area contributed by atoms with Crippen molar-refractivity contribution in [3.05, 3.63) is 40.3 Å². The van der Waals surface area contributed by atoms with E-state index in [9.17, 15) is 13.2 Å². The maximum Gasteiger partial charge on any atom is 0.218 e. The van der Waals surface area contributed by atoms with Gasteiger partial charge >= 0.3 is 0 Å². The lowest BCUT2D eigenvalue weighted by Gasteiger charge is -2.16. The number of Topliss-reactive ketones (excluding diaryl/α,β-unsaturated/α-hetero) is 1. The van der Waals surface area contributed by atoms with Gasteiger partial charge in [-0.05, 0) is 35.9 Å². The van der Waals surface area contributed by atoms with Crippen molar-refractivity contribution in [3.8, 4) is 0 Å². The van der Waals surface area contributed by atoms with Crippen LogP contribution in [0.4, 0.5) is 0 Å². The fraction of sp³-hybridized carbons (Fsp3) is 0.438. The van der Waals surface area contributed by atoms with Gasteiger partial charge in [0.05, 0.1) is 0 Å². The van der Waals surface area contributed by atoms with Crippen LogP contribution in [0.25, 0.3) is 0 Å². The summed E-state index contributed by atoms with van der Waals surface area (Å²) >= 11 is 1.64. The van der Waals surface area contributed by atoms with Crippen molar-refractivity contribution < 1.29 is 17.6 Å². The monoisotopic (exact) mass is 340 g/mol. The third kappa shape index (κ3) is 4.30. The number of ketones is 1. The number of carbonyl (C=O) groups is 1. The van der Waals surface area contributed by atoms with Gasteiger partial charge in [-0.15, -0.1) is 11.3 Å². The van der Waals surface area contributed by atoms with E-state index in [2.05, 4.69) is 13.8 Å². The van der Waals surface area contributed by atoms with E-state index in [4.69, 9.17) is 4.42 Å². The van der Waals surface area contributed by atoms with Crippen molar-refractivity contribution in [2.45, 2.75) is 37.7 Å². The minimum Gasteiger partial charge on any atom is -0.442 e. The average Bonchev–Trinajstić information content (AvgIpc) is 3.08. The van der Waals surface area contributed by atoms with Crippen LogP contribution in [0.2, 0.25) is 0 Å². The molecule has 0 amide bonds. The van der Waals surface area contributed by atoms with E-state index in [0.29, 0.717) is 12.3 Å². The summed E-state index contributed by atoms with van der Waals surface area (Å²) in [6, 6.07) is 6.80. The van der Waals surface area contributed by atoms with Crippen molar-refractivity contribution in [3.63, 3.8) is 0 Å². The number of sulfone groups is 1. The molecule has 6 heteroatoms. The summed E-state index contributed by atoms with van der Waals surface area (Å²) in [6.07, 6.45) is 2.30. The maximum atomic E-state index is 12.4. The highest BCUT2D eigenvalue weighted by atomic mass is 32.2. The summed E-state index contributed by atoms with van der Waals surface area (Å²) in [6.45, 7) is 4.25. The zero-order valence-electron chi connectivity index (χ0n) is 12.9. The summed E-state index contributed by atoms with van der Waals surface area (Å²) in [7, 11) is -3.42. The van der Waals surface area contributed by atoms with Crippen LogP contribution < -0.4 is 0 Å². The van der Waals surface area contributed by atoms with Crippen LogP contribution in [-0.2, 0) is 9.84 Å². The Labute approximate surface area is 135 Å². The SMILES string of the molecule is CC(C)CC(CC(=O)c1ccc(S(C)(=O)=O)o1)c1cccs1. The van der Waals surface area contributed by atoms with Crippen molar-refractivity contribution in [2.24, 2.45) is 5.92 Å². The summed E-state index contributed by atoms with van der Waals surface area (Å²) < 4.78 is 28.0. The van der Waals surface area contributed by atoms with Crippen LogP contribution in [0.5, 0.6) is 0 Å². The normalized spacial score (nSPS) is 13.5. The average molecular weight is 340 g/mol. The first-order chi connectivity index (χ1) is 10.3. The molecule has 0 aliphatic carbocycles. The molecule has 1 atom stereocenters. The molecular formula is C16H20O4S2. The molecule has 0 aliphatic heterocycles. The molecule has 1 unspecified atom stereocenters. The molecule has 4 nitrogen and oxygen atoms in total. The fourth-order valence-electron chi connectivity index (χ4n) is 2.39. The molecule has 22 heavy (non-hydrogen) atoms. The Kier molecular flexibility index (Phi) is 5.24. The van der Waals surface area contributed by atoms with E-state index < -0.39 is 9.84 Å². The first-order valence-electron chi connectivity index (χ1n) is 7.14. The topological polar surface area (TPSA) is 64.3 Å². The zero-order valence-corrected chi connectivity index (χ0v) is 14.5. The second-order valence-electron chi connectivity index (χ2n) is 5.86. The van der Waals surface area contributed by atoms with Crippen LogP contribution in [0.1, 0.15) is 48.0 Å². The first kappa shape index (κ1) is 17.0. The van der Waals surface area contributed by atoms with Gasteiger partial charge in [0, 0.05) is 23.5 Å². The Bertz CT molecular complexity index is 724. The lowest BCUT2D eigenvalue weighted by molar-refractivity contribution is 0.0938. The van der Waals surface area contributed by atoms with Gasteiger partial charge < -0.3 is 4.42 Å². The predicted octanol–water partition coefficient (Wildman–Crippen LogP) is 4.15. The van der Waals surface area contributed by atoms with Gasteiger partial charge in [0.2, 0.25) is 14.9 Å². The molecule has 2 aromatic rings. The van der Waals surface area contributed by atoms with Crippen LogP contribution >= 0.6 is 11.3 Å². The quantitative estimate of drug-likeness (QED) is 0.710. The smallest absolute Gasteiger partial charge is 0.218 e. The van der Waals surface area contributed by atoms with Crippen molar-refractivity contribution in [1.82, 2.24) is 0 Å². The van der Waals surface area contributed by atoms with E-state index >= 15 is 0 Å². The highest BCUT2D eigenvalue weighted by Gasteiger charge is 2.22. The summed E-state index contributed by atoms with van der Waals surface area (Å²) in [5.41, 5.74) is 0. The molecule has 0 saturated heterocycles. The molecule has 0 N–H and O–H groups in total.